The minimum atomic E-state index is -0.974. The van der Waals surface area contributed by atoms with Gasteiger partial charge >= 0.3 is 5.97 Å². The summed E-state index contributed by atoms with van der Waals surface area (Å²) in [5.74, 6) is 0.938. The quantitative estimate of drug-likeness (QED) is 0.183. The zero-order chi connectivity index (χ0) is 28.9. The minimum absolute atomic E-state index is 0.171. The van der Waals surface area contributed by atoms with E-state index in [2.05, 4.69) is 37.0 Å². The van der Waals surface area contributed by atoms with E-state index in [-0.39, 0.29) is 23.6 Å². The lowest BCUT2D eigenvalue weighted by molar-refractivity contribution is 0.0697. The van der Waals surface area contributed by atoms with Crippen molar-refractivity contribution >= 4 is 54.9 Å². The smallest absolute Gasteiger partial charge is 0.335 e. The third-order valence-corrected chi connectivity index (χ3v) is 8.25. The summed E-state index contributed by atoms with van der Waals surface area (Å²) in [6.45, 7) is 2.55. The summed E-state index contributed by atoms with van der Waals surface area (Å²) in [5.41, 5.74) is 2.22. The molecule has 0 bridgehead atoms. The van der Waals surface area contributed by atoms with Crippen LogP contribution < -0.4 is 15.0 Å². The highest BCUT2D eigenvalue weighted by atomic mass is 79.9. The van der Waals surface area contributed by atoms with Crippen molar-refractivity contribution < 1.29 is 19.4 Å². The molecule has 8 nitrogen and oxygen atoms in total. The van der Waals surface area contributed by atoms with E-state index in [1.54, 1.807) is 42.6 Å². The first-order chi connectivity index (χ1) is 19.8. The van der Waals surface area contributed by atoms with Gasteiger partial charge in [-0.1, -0.05) is 47.3 Å². The number of benzene rings is 3. The molecule has 0 atom stereocenters. The number of nitrogens with zero attached hydrogens (tertiary/aromatic N) is 3. The lowest BCUT2D eigenvalue weighted by Crippen LogP contribution is -2.25. The molecule has 1 saturated carbocycles. The summed E-state index contributed by atoms with van der Waals surface area (Å²) in [4.78, 5) is 29.7. The number of carboxylic acid groups (broad SMARTS) is 1. The average molecular weight is 683 g/mol. The molecule has 10 heteroatoms. The monoisotopic (exact) mass is 681 g/mol. The highest BCUT2D eigenvalue weighted by molar-refractivity contribution is 9.10. The number of carbonyl (C=O) groups is 1. The molecule has 1 aromatic heterocycles. The fourth-order valence-electron chi connectivity index (χ4n) is 4.96. The third kappa shape index (κ3) is 6.70. The summed E-state index contributed by atoms with van der Waals surface area (Å²) >= 11 is 7.09. The molecule has 212 valence electrons. The van der Waals surface area contributed by atoms with Gasteiger partial charge in [-0.25, -0.2) is 9.78 Å². The van der Waals surface area contributed by atoms with Crippen molar-refractivity contribution in [2.24, 2.45) is 5.10 Å². The second-order valence-electron chi connectivity index (χ2n) is 9.87. The van der Waals surface area contributed by atoms with Crippen LogP contribution >= 0.6 is 31.9 Å². The van der Waals surface area contributed by atoms with Crippen molar-refractivity contribution in [3.8, 4) is 11.5 Å². The Balaban J connectivity index is 1.47. The summed E-state index contributed by atoms with van der Waals surface area (Å²) in [7, 11) is 0. The second-order valence-corrected chi connectivity index (χ2v) is 11.6. The van der Waals surface area contributed by atoms with E-state index < -0.39 is 5.97 Å². The first-order valence-corrected chi connectivity index (χ1v) is 15.1. The van der Waals surface area contributed by atoms with Crippen molar-refractivity contribution in [2.45, 2.75) is 51.6 Å². The molecule has 0 amide bonds. The van der Waals surface area contributed by atoms with Crippen molar-refractivity contribution in [1.29, 1.82) is 0 Å². The van der Waals surface area contributed by atoms with E-state index in [4.69, 9.17) is 19.6 Å². The molecule has 0 unspecified atom stereocenters. The second kappa shape index (κ2) is 13.0. The summed E-state index contributed by atoms with van der Waals surface area (Å²) in [6.07, 6.45) is 7.01. The fraction of sp³-hybridized carbons (Fsp3) is 0.290. The molecule has 1 aliphatic carbocycles. The van der Waals surface area contributed by atoms with E-state index in [9.17, 15) is 9.59 Å². The maximum atomic E-state index is 13.7. The van der Waals surface area contributed by atoms with Crippen LogP contribution in [0.5, 0.6) is 11.5 Å². The highest BCUT2D eigenvalue weighted by Crippen LogP contribution is 2.35. The average Bonchev–Trinajstić information content (AvgIpc) is 2.98. The molecule has 0 saturated heterocycles. The molecule has 4 aromatic rings. The maximum Gasteiger partial charge on any atom is 0.335 e. The van der Waals surface area contributed by atoms with Gasteiger partial charge in [0.25, 0.3) is 5.56 Å². The molecule has 5 rings (SSSR count). The Labute approximate surface area is 254 Å². The van der Waals surface area contributed by atoms with Crippen LogP contribution in [0.2, 0.25) is 0 Å². The van der Waals surface area contributed by atoms with Crippen LogP contribution in [-0.4, -0.2) is 33.6 Å². The van der Waals surface area contributed by atoms with E-state index in [1.807, 2.05) is 25.1 Å². The van der Waals surface area contributed by atoms with Crippen LogP contribution in [0.15, 0.2) is 73.4 Å². The SMILES string of the molecule is CCOc1cc(C=Nn2c(C3CCCCC3)nc3ccc(Br)cc3c2=O)c(Br)cc1OCc1ccc(C(=O)O)cc1. The van der Waals surface area contributed by atoms with Crippen molar-refractivity contribution in [1.82, 2.24) is 9.66 Å². The van der Waals surface area contributed by atoms with E-state index in [1.165, 1.54) is 11.1 Å². The first kappa shape index (κ1) is 29.0. The Morgan fingerprint density at radius 2 is 1.78 bits per heavy atom. The Hall–Kier alpha value is -3.50. The lowest BCUT2D eigenvalue weighted by Gasteiger charge is -2.22. The maximum absolute atomic E-state index is 13.7. The van der Waals surface area contributed by atoms with E-state index >= 15 is 0 Å². The zero-order valence-corrected chi connectivity index (χ0v) is 25.7. The van der Waals surface area contributed by atoms with Crippen LogP contribution in [0.3, 0.4) is 0 Å². The molecule has 0 aliphatic heterocycles. The highest BCUT2D eigenvalue weighted by Gasteiger charge is 2.22. The van der Waals surface area contributed by atoms with Gasteiger partial charge in [-0.3, -0.25) is 4.79 Å². The number of hydrogen-bond acceptors (Lipinski definition) is 6. The van der Waals surface area contributed by atoms with E-state index in [0.717, 1.165) is 35.7 Å². The van der Waals surface area contributed by atoms with Crippen molar-refractivity contribution in [3.05, 3.63) is 96.4 Å². The molecule has 0 spiro atoms. The number of aromatic nitrogens is 2. The van der Waals surface area contributed by atoms with Gasteiger partial charge in [-0.15, -0.1) is 0 Å². The van der Waals surface area contributed by atoms with Crippen LogP contribution in [0.1, 0.15) is 72.3 Å². The molecule has 1 aliphatic rings. The van der Waals surface area contributed by atoms with Gasteiger partial charge in [0.2, 0.25) is 0 Å². The predicted molar refractivity (Wildman–Crippen MR) is 166 cm³/mol. The molecule has 1 heterocycles. The van der Waals surface area contributed by atoms with Gasteiger partial charge in [0.15, 0.2) is 11.5 Å². The summed E-state index contributed by atoms with van der Waals surface area (Å²) < 4.78 is 14.9. The zero-order valence-electron chi connectivity index (χ0n) is 22.5. The number of aromatic carboxylic acids is 1. The molecule has 1 N–H and O–H groups in total. The van der Waals surface area contributed by atoms with Crippen molar-refractivity contribution in [2.75, 3.05) is 6.61 Å². The topological polar surface area (TPSA) is 103 Å². The normalized spacial score (nSPS) is 14.0. The van der Waals surface area contributed by atoms with Gasteiger partial charge in [0, 0.05) is 20.4 Å². The molecular weight excluding hydrogens is 654 g/mol. The number of carboxylic acids is 1. The largest absolute Gasteiger partial charge is 0.490 e. The molecule has 1 fully saturated rings. The Kier molecular flexibility index (Phi) is 9.19. The van der Waals surface area contributed by atoms with Gasteiger partial charge < -0.3 is 14.6 Å². The molecule has 0 radical (unpaired) electrons. The number of halogens is 2. The van der Waals surface area contributed by atoms with Gasteiger partial charge in [-0.05, 0) is 83.7 Å². The summed E-state index contributed by atoms with van der Waals surface area (Å²) in [5, 5.41) is 14.3. The number of hydrogen-bond donors (Lipinski definition) is 1. The number of ether oxygens (including phenoxy) is 2. The van der Waals surface area contributed by atoms with Crippen LogP contribution in [-0.2, 0) is 6.61 Å². The third-order valence-electron chi connectivity index (χ3n) is 7.07. The van der Waals surface area contributed by atoms with Crippen LogP contribution in [0.25, 0.3) is 10.9 Å². The van der Waals surface area contributed by atoms with Gasteiger partial charge in [-0.2, -0.15) is 9.78 Å². The molecule has 3 aromatic carbocycles. The molecular formula is C31H29Br2N3O5. The van der Waals surface area contributed by atoms with Crippen LogP contribution in [0, 0.1) is 0 Å². The van der Waals surface area contributed by atoms with Crippen LogP contribution in [0.4, 0.5) is 0 Å². The van der Waals surface area contributed by atoms with Gasteiger partial charge in [0.05, 0.1) is 29.3 Å². The van der Waals surface area contributed by atoms with Gasteiger partial charge in [0.1, 0.15) is 12.4 Å². The Morgan fingerprint density at radius 1 is 1.05 bits per heavy atom. The minimum Gasteiger partial charge on any atom is -0.490 e. The predicted octanol–water partition coefficient (Wildman–Crippen LogP) is 7.53. The lowest BCUT2D eigenvalue weighted by atomic mass is 9.88. The molecule has 41 heavy (non-hydrogen) atoms. The summed E-state index contributed by atoms with van der Waals surface area (Å²) in [6, 6.07) is 15.7. The fourth-order valence-corrected chi connectivity index (χ4v) is 5.74. The number of fused-ring (bicyclic) bond motifs is 1. The Morgan fingerprint density at radius 3 is 2.49 bits per heavy atom. The van der Waals surface area contributed by atoms with Crippen molar-refractivity contribution in [3.63, 3.8) is 0 Å². The standard InChI is InChI=1S/C31H29Br2N3O5/c1-2-40-27-14-22(25(33)16-28(27)41-18-19-8-10-21(11-9-19)31(38)39)17-34-36-29(20-6-4-3-5-7-20)35-26-13-12-23(32)15-24(26)30(36)37/h8-17,20H,2-7,18H2,1H3,(H,38,39). The van der Waals surface area contributed by atoms with E-state index in [0.29, 0.717) is 44.9 Å². The number of rotatable bonds is 9. The Bertz CT molecular complexity index is 1660. The first-order valence-electron chi connectivity index (χ1n) is 13.5.